The number of hydrogen-bond acceptors (Lipinski definition) is 4. The van der Waals surface area contributed by atoms with Crippen molar-refractivity contribution in [1.82, 2.24) is 4.90 Å². The minimum atomic E-state index is 0. The second kappa shape index (κ2) is 13.2. The molecule has 3 rings (SSSR count). The fourth-order valence-electron chi connectivity index (χ4n) is 3.02. The molecule has 0 fully saturated rings. The number of hydrogen-bond donors (Lipinski definition) is 0. The fraction of sp³-hybridized carbons (Fsp3) is 0.208. The lowest BCUT2D eigenvalue weighted by Gasteiger charge is -2.26. The maximum Gasteiger partial charge on any atom is 0.164 e. The fourth-order valence-corrected chi connectivity index (χ4v) is 3.94. The van der Waals surface area contributed by atoms with E-state index in [2.05, 4.69) is 29.2 Å². The van der Waals surface area contributed by atoms with Crippen molar-refractivity contribution in [2.45, 2.75) is 13.1 Å². The summed E-state index contributed by atoms with van der Waals surface area (Å²) in [7, 11) is 3.33. The number of benzene rings is 3. The molecule has 0 aliphatic rings. The monoisotopic (exact) mass is 602 g/mol. The van der Waals surface area contributed by atoms with Crippen LogP contribution in [-0.2, 0) is 13.1 Å². The number of thioether (sulfide) groups is 1. The van der Waals surface area contributed by atoms with Gasteiger partial charge in [-0.3, -0.25) is 0 Å². The van der Waals surface area contributed by atoms with E-state index >= 15 is 0 Å². The van der Waals surface area contributed by atoms with Crippen molar-refractivity contribution in [2.75, 3.05) is 20.5 Å². The average Bonchev–Trinajstić information content (AvgIpc) is 2.80. The highest BCUT2D eigenvalue weighted by atomic mass is 127. The molecule has 0 aliphatic heterocycles. The Morgan fingerprint density at radius 2 is 1.34 bits per heavy atom. The first-order valence-corrected chi connectivity index (χ1v) is 11.6. The maximum atomic E-state index is 6.39. The molecule has 170 valence electrons. The Hall–Kier alpha value is -1.61. The van der Waals surface area contributed by atoms with Crippen molar-refractivity contribution in [1.29, 1.82) is 0 Å². The number of halogens is 3. The van der Waals surface area contributed by atoms with Crippen molar-refractivity contribution >= 4 is 69.8 Å². The zero-order chi connectivity index (χ0) is 22.2. The molecule has 0 radical (unpaired) electrons. The molecule has 0 amide bonds. The first-order valence-electron chi connectivity index (χ1n) is 9.61. The molecule has 3 aromatic rings. The van der Waals surface area contributed by atoms with Crippen LogP contribution in [-0.4, -0.2) is 30.5 Å². The maximum absolute atomic E-state index is 6.39. The molecule has 0 bridgehead atoms. The largest absolute Gasteiger partial charge is 0.497 e. The third-order valence-corrected chi connectivity index (χ3v) is 6.19. The van der Waals surface area contributed by atoms with Gasteiger partial charge in [0.1, 0.15) is 11.5 Å². The van der Waals surface area contributed by atoms with Crippen molar-refractivity contribution < 1.29 is 9.47 Å². The predicted molar refractivity (Wildman–Crippen MR) is 148 cm³/mol. The molecule has 0 spiro atoms. The highest BCUT2D eigenvalue weighted by molar-refractivity contribution is 14.0. The Labute approximate surface area is 220 Å². The summed E-state index contributed by atoms with van der Waals surface area (Å²) in [4.78, 5) is 7.05. The Kier molecular flexibility index (Phi) is 11.0. The van der Waals surface area contributed by atoms with Crippen LogP contribution in [0.2, 0.25) is 10.0 Å². The van der Waals surface area contributed by atoms with E-state index in [0.29, 0.717) is 28.8 Å². The average molecular weight is 603 g/mol. The molecule has 0 N–H and O–H groups in total. The van der Waals surface area contributed by atoms with Gasteiger partial charge < -0.3 is 14.4 Å². The van der Waals surface area contributed by atoms with Crippen LogP contribution in [0, 0.1) is 0 Å². The molecule has 0 saturated carbocycles. The van der Waals surface area contributed by atoms with E-state index in [1.165, 1.54) is 0 Å². The summed E-state index contributed by atoms with van der Waals surface area (Å²) in [6.07, 6.45) is 2.01. The summed E-state index contributed by atoms with van der Waals surface area (Å²) in [5.41, 5.74) is 2.94. The van der Waals surface area contributed by atoms with E-state index in [0.717, 1.165) is 27.8 Å². The Morgan fingerprint density at radius 1 is 0.844 bits per heavy atom. The van der Waals surface area contributed by atoms with Crippen LogP contribution in [0.3, 0.4) is 0 Å². The van der Waals surface area contributed by atoms with Crippen LogP contribution in [0.5, 0.6) is 11.5 Å². The lowest BCUT2D eigenvalue weighted by molar-refractivity contribution is 0.405. The van der Waals surface area contributed by atoms with E-state index < -0.39 is 0 Å². The number of methoxy groups -OCH3 is 2. The van der Waals surface area contributed by atoms with E-state index in [1.54, 1.807) is 32.0 Å². The van der Waals surface area contributed by atoms with Crippen LogP contribution >= 0.6 is 58.9 Å². The number of amidine groups is 1. The van der Waals surface area contributed by atoms with Gasteiger partial charge in [0.05, 0.1) is 30.0 Å². The Morgan fingerprint density at radius 3 is 1.78 bits per heavy atom. The quantitative estimate of drug-likeness (QED) is 0.158. The summed E-state index contributed by atoms with van der Waals surface area (Å²) < 4.78 is 10.6. The molecule has 8 heteroatoms. The smallest absolute Gasteiger partial charge is 0.164 e. The van der Waals surface area contributed by atoms with Gasteiger partial charge in [-0.05, 0) is 53.8 Å². The molecule has 0 unspecified atom stereocenters. The summed E-state index contributed by atoms with van der Waals surface area (Å²) in [5.74, 6) is 1.66. The van der Waals surface area contributed by atoms with E-state index in [4.69, 9.17) is 37.7 Å². The van der Waals surface area contributed by atoms with Gasteiger partial charge in [-0.15, -0.1) is 24.0 Å². The van der Waals surface area contributed by atoms with Crippen LogP contribution in [0.4, 0.5) is 5.69 Å². The molecular formula is C24H25Cl2IN2O2S. The first kappa shape index (κ1) is 26.6. The van der Waals surface area contributed by atoms with Crippen LogP contribution in [0.25, 0.3) is 0 Å². The second-order valence-electron chi connectivity index (χ2n) is 6.72. The number of aliphatic imine (C=N–C) groups is 1. The topological polar surface area (TPSA) is 34.1 Å². The first-order chi connectivity index (χ1) is 15.0. The summed E-state index contributed by atoms with van der Waals surface area (Å²) in [6.45, 7) is 1.35. The van der Waals surface area contributed by atoms with Gasteiger partial charge in [0.15, 0.2) is 5.17 Å². The van der Waals surface area contributed by atoms with Gasteiger partial charge >= 0.3 is 0 Å². The van der Waals surface area contributed by atoms with Gasteiger partial charge in [0.2, 0.25) is 0 Å². The summed E-state index contributed by atoms with van der Waals surface area (Å²) >= 11 is 14.1. The predicted octanol–water partition coefficient (Wildman–Crippen LogP) is 7.68. The minimum absolute atomic E-state index is 0. The van der Waals surface area contributed by atoms with Crippen LogP contribution in [0.1, 0.15) is 11.1 Å². The second-order valence-corrected chi connectivity index (χ2v) is 8.28. The zero-order valence-electron chi connectivity index (χ0n) is 18.0. The van der Waals surface area contributed by atoms with Crippen LogP contribution in [0.15, 0.2) is 71.7 Å². The van der Waals surface area contributed by atoms with Gasteiger partial charge in [-0.25, -0.2) is 4.99 Å². The molecule has 0 heterocycles. The Bertz CT molecular complexity index is 982. The molecular weight excluding hydrogens is 578 g/mol. The SMILES string of the molecule is COc1ccc(CN(Cc2ccc(OC)cc2)C(=Nc2cccc(Cl)c2Cl)SC)cc1.I. The van der Waals surface area contributed by atoms with E-state index in [1.807, 2.05) is 42.7 Å². The third-order valence-electron chi connectivity index (χ3n) is 4.67. The van der Waals surface area contributed by atoms with Gasteiger partial charge in [-0.1, -0.05) is 65.3 Å². The summed E-state index contributed by atoms with van der Waals surface area (Å²) in [6, 6.07) is 21.6. The lowest BCUT2D eigenvalue weighted by atomic mass is 10.1. The zero-order valence-corrected chi connectivity index (χ0v) is 22.7. The minimum Gasteiger partial charge on any atom is -0.497 e. The van der Waals surface area contributed by atoms with Gasteiger partial charge in [0.25, 0.3) is 0 Å². The van der Waals surface area contributed by atoms with Crippen molar-refractivity contribution in [2.24, 2.45) is 4.99 Å². The van der Waals surface area contributed by atoms with E-state index in [-0.39, 0.29) is 24.0 Å². The molecule has 0 aliphatic carbocycles. The van der Waals surface area contributed by atoms with Crippen molar-refractivity contribution in [3.63, 3.8) is 0 Å². The standard InChI is InChI=1S/C24H24Cl2N2O2S.HI/c1-29-19-11-7-17(8-12-19)15-28(16-18-9-13-20(30-2)14-10-18)24(31-3)27-22-6-4-5-21(25)23(22)26;/h4-14H,15-16H2,1-3H3;1H. The Balaban J connectivity index is 0.00000363. The molecule has 0 atom stereocenters. The number of ether oxygens (including phenoxy) is 2. The van der Waals surface area contributed by atoms with E-state index in [9.17, 15) is 0 Å². The molecule has 4 nitrogen and oxygen atoms in total. The molecule has 32 heavy (non-hydrogen) atoms. The summed E-state index contributed by atoms with van der Waals surface area (Å²) in [5, 5.41) is 1.78. The lowest BCUT2D eigenvalue weighted by Crippen LogP contribution is -2.27. The third kappa shape index (κ3) is 7.20. The number of nitrogens with zero attached hydrogens (tertiary/aromatic N) is 2. The van der Waals surface area contributed by atoms with Gasteiger partial charge in [0, 0.05) is 13.1 Å². The normalized spacial score (nSPS) is 11.0. The number of rotatable bonds is 7. The molecule has 0 saturated heterocycles. The highest BCUT2D eigenvalue weighted by Crippen LogP contribution is 2.33. The van der Waals surface area contributed by atoms with Gasteiger partial charge in [-0.2, -0.15) is 0 Å². The highest BCUT2D eigenvalue weighted by Gasteiger charge is 2.15. The van der Waals surface area contributed by atoms with Crippen LogP contribution < -0.4 is 9.47 Å². The molecule has 0 aromatic heterocycles. The van der Waals surface area contributed by atoms with Crippen molar-refractivity contribution in [3.8, 4) is 11.5 Å². The van der Waals surface area contributed by atoms with Crippen molar-refractivity contribution in [3.05, 3.63) is 87.9 Å². The molecule has 3 aromatic carbocycles.